The van der Waals surface area contributed by atoms with Gasteiger partial charge in [-0.25, -0.2) is 5.84 Å². The van der Waals surface area contributed by atoms with Crippen molar-refractivity contribution < 1.29 is 4.79 Å². The molecule has 1 aliphatic rings. The van der Waals surface area contributed by atoms with Crippen LogP contribution in [0.4, 0.5) is 0 Å². The smallest absolute Gasteiger partial charge is 0.251 e. The number of nitrogens with zero attached hydrogens (tertiary/aromatic N) is 1. The summed E-state index contributed by atoms with van der Waals surface area (Å²) in [5.41, 5.74) is 2.70. The van der Waals surface area contributed by atoms with Gasteiger partial charge in [-0.3, -0.25) is 15.1 Å². The Labute approximate surface area is 98.5 Å². The predicted octanol–water partition coefficient (Wildman–Crippen LogP) is 1.12. The van der Waals surface area contributed by atoms with E-state index < -0.39 is 0 Å². The van der Waals surface area contributed by atoms with E-state index in [1.54, 1.807) is 0 Å². The normalized spacial score (nSPS) is 23.1. The van der Waals surface area contributed by atoms with E-state index in [1.165, 1.54) is 0 Å². The molecule has 4 nitrogen and oxygen atoms in total. The summed E-state index contributed by atoms with van der Waals surface area (Å²) in [7, 11) is 0. The Morgan fingerprint density at radius 2 is 1.81 bits per heavy atom. The zero-order valence-corrected chi connectivity index (χ0v) is 10.9. The number of nitrogens with two attached hydrogens (primary N) is 1. The van der Waals surface area contributed by atoms with Gasteiger partial charge < -0.3 is 0 Å². The summed E-state index contributed by atoms with van der Waals surface area (Å²) in [4.78, 5) is 14.0. The molecule has 16 heavy (non-hydrogen) atoms. The van der Waals surface area contributed by atoms with Crippen LogP contribution in [0.2, 0.25) is 0 Å². The van der Waals surface area contributed by atoms with Crippen molar-refractivity contribution in [3.05, 3.63) is 0 Å². The zero-order valence-electron chi connectivity index (χ0n) is 10.9. The molecule has 1 saturated heterocycles. The summed E-state index contributed by atoms with van der Waals surface area (Å²) in [6, 6.07) is -0.0823. The van der Waals surface area contributed by atoms with Crippen molar-refractivity contribution in [1.82, 2.24) is 10.3 Å². The number of likely N-dealkylation sites (tertiary alicyclic amines) is 1. The molecule has 0 bridgehead atoms. The lowest BCUT2D eigenvalue weighted by Crippen LogP contribution is -2.54. The number of piperidine rings is 1. The number of hydrogen-bond acceptors (Lipinski definition) is 3. The van der Waals surface area contributed by atoms with Gasteiger partial charge in [-0.05, 0) is 37.3 Å². The first kappa shape index (κ1) is 13.5. The van der Waals surface area contributed by atoms with Crippen molar-refractivity contribution in [3.8, 4) is 0 Å². The third-order valence-electron chi connectivity index (χ3n) is 3.59. The van der Waals surface area contributed by atoms with Crippen LogP contribution in [0.25, 0.3) is 0 Å². The first-order chi connectivity index (χ1) is 7.37. The van der Waals surface area contributed by atoms with Crippen LogP contribution in [0, 0.1) is 11.3 Å². The van der Waals surface area contributed by atoms with Crippen molar-refractivity contribution in [2.24, 2.45) is 17.2 Å². The highest BCUT2D eigenvalue weighted by molar-refractivity contribution is 5.81. The van der Waals surface area contributed by atoms with Gasteiger partial charge in [0, 0.05) is 0 Å². The average molecular weight is 227 g/mol. The summed E-state index contributed by atoms with van der Waals surface area (Å²) in [6.45, 7) is 10.7. The monoisotopic (exact) mass is 227 g/mol. The van der Waals surface area contributed by atoms with Crippen LogP contribution in [0.1, 0.15) is 40.5 Å². The van der Waals surface area contributed by atoms with Crippen LogP contribution >= 0.6 is 0 Å². The molecule has 0 aromatic heterocycles. The third kappa shape index (κ3) is 3.19. The van der Waals surface area contributed by atoms with Gasteiger partial charge in [-0.1, -0.05) is 27.7 Å². The van der Waals surface area contributed by atoms with Crippen LogP contribution in [0.15, 0.2) is 0 Å². The second kappa shape index (κ2) is 5.15. The van der Waals surface area contributed by atoms with E-state index in [9.17, 15) is 4.79 Å². The van der Waals surface area contributed by atoms with Gasteiger partial charge in [-0.2, -0.15) is 0 Å². The highest BCUT2D eigenvalue weighted by Gasteiger charge is 2.33. The van der Waals surface area contributed by atoms with E-state index in [0.29, 0.717) is 11.3 Å². The minimum Gasteiger partial charge on any atom is -0.293 e. The molecule has 0 aliphatic carbocycles. The van der Waals surface area contributed by atoms with E-state index in [4.69, 9.17) is 5.84 Å². The molecule has 4 heteroatoms. The first-order valence-corrected chi connectivity index (χ1v) is 6.12. The second-order valence-electron chi connectivity index (χ2n) is 5.90. The van der Waals surface area contributed by atoms with E-state index in [0.717, 1.165) is 25.9 Å². The molecular formula is C12H25N3O. The van der Waals surface area contributed by atoms with Crippen molar-refractivity contribution in [2.75, 3.05) is 13.1 Å². The van der Waals surface area contributed by atoms with Crippen LogP contribution in [-0.2, 0) is 4.79 Å². The molecule has 1 unspecified atom stereocenters. The molecule has 1 rings (SSSR count). The Hall–Kier alpha value is -0.610. The molecule has 0 aromatic carbocycles. The maximum Gasteiger partial charge on any atom is 0.251 e. The van der Waals surface area contributed by atoms with Gasteiger partial charge in [0.1, 0.15) is 0 Å². The highest BCUT2D eigenvalue weighted by atomic mass is 16.2. The van der Waals surface area contributed by atoms with E-state index >= 15 is 0 Å². The molecule has 0 aromatic rings. The van der Waals surface area contributed by atoms with Crippen molar-refractivity contribution >= 4 is 5.91 Å². The fraction of sp³-hybridized carbons (Fsp3) is 0.917. The van der Waals surface area contributed by atoms with Crippen molar-refractivity contribution in [3.63, 3.8) is 0 Å². The highest BCUT2D eigenvalue weighted by Crippen LogP contribution is 2.31. The minimum atomic E-state index is -0.0823. The summed E-state index contributed by atoms with van der Waals surface area (Å²) in [6.07, 6.45) is 2.29. The molecule has 3 N–H and O–H groups in total. The molecule has 0 spiro atoms. The van der Waals surface area contributed by atoms with E-state index in [1.807, 2.05) is 0 Å². The molecule has 1 atom stereocenters. The molecule has 1 fully saturated rings. The predicted molar refractivity (Wildman–Crippen MR) is 65.5 cm³/mol. The molecule has 1 heterocycles. The maximum absolute atomic E-state index is 11.7. The van der Waals surface area contributed by atoms with Crippen LogP contribution in [0.5, 0.6) is 0 Å². The molecule has 94 valence electrons. The maximum atomic E-state index is 11.7. The number of amides is 1. The third-order valence-corrected chi connectivity index (χ3v) is 3.59. The van der Waals surface area contributed by atoms with Gasteiger partial charge in [0.15, 0.2) is 0 Å². The van der Waals surface area contributed by atoms with Gasteiger partial charge in [0.2, 0.25) is 0 Å². The first-order valence-electron chi connectivity index (χ1n) is 6.12. The van der Waals surface area contributed by atoms with E-state index in [2.05, 4.69) is 38.0 Å². The van der Waals surface area contributed by atoms with E-state index in [-0.39, 0.29) is 11.9 Å². The Bertz CT molecular complexity index is 241. The quantitative estimate of drug-likeness (QED) is 0.431. The fourth-order valence-corrected chi connectivity index (χ4v) is 2.38. The number of nitrogens with one attached hydrogen (secondary N) is 1. The lowest BCUT2D eigenvalue weighted by Gasteiger charge is -2.41. The van der Waals surface area contributed by atoms with Gasteiger partial charge in [-0.15, -0.1) is 0 Å². The van der Waals surface area contributed by atoms with Gasteiger partial charge in [0.05, 0.1) is 6.04 Å². The SMILES string of the molecule is CC(C)C(C(=O)NN)N1CCC(C)(C)CC1. The van der Waals surface area contributed by atoms with Crippen LogP contribution < -0.4 is 11.3 Å². The summed E-state index contributed by atoms with van der Waals surface area (Å²) in [5.74, 6) is 5.48. The number of hydrogen-bond donors (Lipinski definition) is 2. The molecular weight excluding hydrogens is 202 g/mol. The fourth-order valence-electron chi connectivity index (χ4n) is 2.38. The van der Waals surface area contributed by atoms with Crippen molar-refractivity contribution in [1.29, 1.82) is 0 Å². The summed E-state index contributed by atoms with van der Waals surface area (Å²) >= 11 is 0. The Morgan fingerprint density at radius 1 is 1.31 bits per heavy atom. The Kier molecular flexibility index (Phi) is 4.33. The van der Waals surface area contributed by atoms with Gasteiger partial charge >= 0.3 is 0 Å². The zero-order chi connectivity index (χ0) is 12.3. The number of rotatable bonds is 3. The second-order valence-corrected chi connectivity index (χ2v) is 5.90. The summed E-state index contributed by atoms with van der Waals surface area (Å²) in [5, 5.41) is 0. The Morgan fingerprint density at radius 3 is 2.19 bits per heavy atom. The number of carbonyl (C=O) groups is 1. The molecule has 0 radical (unpaired) electrons. The lowest BCUT2D eigenvalue weighted by molar-refractivity contribution is -0.129. The number of carbonyl (C=O) groups excluding carboxylic acids is 1. The van der Waals surface area contributed by atoms with Crippen LogP contribution in [-0.4, -0.2) is 29.9 Å². The minimum absolute atomic E-state index is 0.0605. The molecule has 1 amide bonds. The molecule has 1 aliphatic heterocycles. The van der Waals surface area contributed by atoms with Gasteiger partial charge in [0.25, 0.3) is 5.91 Å². The average Bonchev–Trinajstić information content (AvgIpc) is 2.20. The van der Waals surface area contributed by atoms with Crippen LogP contribution in [0.3, 0.4) is 0 Å². The number of hydrazine groups is 1. The molecule has 0 saturated carbocycles. The van der Waals surface area contributed by atoms with Crippen molar-refractivity contribution in [2.45, 2.75) is 46.6 Å². The lowest BCUT2D eigenvalue weighted by atomic mass is 9.81. The Balaban J connectivity index is 2.64. The largest absolute Gasteiger partial charge is 0.293 e. The standard InChI is InChI=1S/C12H25N3O/c1-9(2)10(11(16)14-13)15-7-5-12(3,4)6-8-15/h9-10H,5-8,13H2,1-4H3,(H,14,16). The topological polar surface area (TPSA) is 58.4 Å². The summed E-state index contributed by atoms with van der Waals surface area (Å²) < 4.78 is 0.